The zero-order valence-corrected chi connectivity index (χ0v) is 12.6. The third-order valence-corrected chi connectivity index (χ3v) is 4.66. The Hall–Kier alpha value is -1.75. The summed E-state index contributed by atoms with van der Waals surface area (Å²) < 4.78 is 5.27. The van der Waals surface area contributed by atoms with Crippen molar-refractivity contribution in [2.24, 2.45) is 0 Å². The Kier molecular flexibility index (Phi) is 4.01. The summed E-state index contributed by atoms with van der Waals surface area (Å²) in [6.07, 6.45) is 4.57. The number of carbonyl (C=O) groups is 1. The number of urea groups is 1. The molecule has 2 amide bonds. The van der Waals surface area contributed by atoms with Crippen LogP contribution in [0.3, 0.4) is 0 Å². The molecule has 5 heteroatoms. The van der Waals surface area contributed by atoms with Gasteiger partial charge in [-0.15, -0.1) is 0 Å². The first kappa shape index (κ1) is 14.2. The second kappa shape index (κ2) is 5.93. The lowest BCUT2D eigenvalue weighted by Gasteiger charge is -2.35. The Morgan fingerprint density at radius 1 is 1.29 bits per heavy atom. The fourth-order valence-electron chi connectivity index (χ4n) is 3.46. The van der Waals surface area contributed by atoms with Crippen LogP contribution in [0.4, 0.5) is 10.5 Å². The highest BCUT2D eigenvalue weighted by Crippen LogP contribution is 2.30. The number of methoxy groups -OCH3 is 1. The van der Waals surface area contributed by atoms with E-state index in [1.165, 1.54) is 12.8 Å². The molecule has 1 aromatic carbocycles. The molecular formula is C16H23N3O2. The van der Waals surface area contributed by atoms with Gasteiger partial charge in [-0.1, -0.05) is 12.1 Å². The fourth-order valence-corrected chi connectivity index (χ4v) is 3.46. The first-order valence-electron chi connectivity index (χ1n) is 7.60. The number of para-hydroxylation sites is 2. The highest BCUT2D eigenvalue weighted by Gasteiger charge is 2.36. The largest absolute Gasteiger partial charge is 0.495 e. The van der Waals surface area contributed by atoms with E-state index in [9.17, 15) is 4.79 Å². The summed E-state index contributed by atoms with van der Waals surface area (Å²) in [6.45, 7) is 0. The summed E-state index contributed by atoms with van der Waals surface area (Å²) in [7, 11) is 3.50. The molecule has 2 unspecified atom stereocenters. The van der Waals surface area contributed by atoms with Gasteiger partial charge in [0.1, 0.15) is 5.75 Å². The zero-order valence-electron chi connectivity index (χ0n) is 12.6. The van der Waals surface area contributed by atoms with Crippen LogP contribution in [0.15, 0.2) is 24.3 Å². The van der Waals surface area contributed by atoms with Crippen molar-refractivity contribution in [1.29, 1.82) is 0 Å². The summed E-state index contributed by atoms with van der Waals surface area (Å²) in [5.41, 5.74) is 0.716. The van der Waals surface area contributed by atoms with Crippen LogP contribution in [0.2, 0.25) is 0 Å². The minimum atomic E-state index is -0.0641. The molecule has 0 spiro atoms. The van der Waals surface area contributed by atoms with Crippen LogP contribution in [0.25, 0.3) is 0 Å². The molecule has 2 fully saturated rings. The summed E-state index contributed by atoms with van der Waals surface area (Å²) in [6, 6.07) is 8.90. The van der Waals surface area contributed by atoms with Gasteiger partial charge in [-0.3, -0.25) is 0 Å². The molecule has 2 aliphatic heterocycles. The molecule has 2 bridgehead atoms. The van der Waals surface area contributed by atoms with Crippen LogP contribution in [0.1, 0.15) is 25.7 Å². The molecular weight excluding hydrogens is 266 g/mol. The first-order chi connectivity index (χ1) is 10.2. The van der Waals surface area contributed by atoms with Crippen molar-refractivity contribution in [1.82, 2.24) is 10.2 Å². The zero-order chi connectivity index (χ0) is 14.8. The molecule has 21 heavy (non-hydrogen) atoms. The highest BCUT2D eigenvalue weighted by atomic mass is 16.5. The van der Waals surface area contributed by atoms with Crippen LogP contribution >= 0.6 is 0 Å². The quantitative estimate of drug-likeness (QED) is 0.898. The van der Waals surface area contributed by atoms with Crippen molar-refractivity contribution >= 4 is 11.7 Å². The lowest BCUT2D eigenvalue weighted by atomic mass is 9.99. The van der Waals surface area contributed by atoms with Crippen LogP contribution in [-0.4, -0.2) is 43.2 Å². The smallest absolute Gasteiger partial charge is 0.321 e. The second-order valence-electron chi connectivity index (χ2n) is 6.00. The topological polar surface area (TPSA) is 53.6 Å². The van der Waals surface area contributed by atoms with E-state index in [4.69, 9.17) is 4.74 Å². The van der Waals surface area contributed by atoms with E-state index < -0.39 is 0 Å². The van der Waals surface area contributed by atoms with Crippen molar-refractivity contribution < 1.29 is 9.53 Å². The maximum atomic E-state index is 12.5. The van der Waals surface area contributed by atoms with Crippen molar-refractivity contribution in [3.05, 3.63) is 24.3 Å². The van der Waals surface area contributed by atoms with Crippen molar-refractivity contribution in [3.8, 4) is 5.75 Å². The fraction of sp³-hybridized carbons (Fsp3) is 0.562. The Bertz CT molecular complexity index is 508. The number of fused-ring (bicyclic) bond motifs is 2. The molecule has 114 valence electrons. The highest BCUT2D eigenvalue weighted by molar-refractivity contribution is 5.91. The minimum Gasteiger partial charge on any atom is -0.495 e. The average molecular weight is 289 g/mol. The van der Waals surface area contributed by atoms with E-state index in [2.05, 4.69) is 10.6 Å². The summed E-state index contributed by atoms with van der Waals surface area (Å²) in [5, 5.41) is 6.55. The number of rotatable bonds is 3. The number of piperidine rings is 1. The van der Waals surface area contributed by atoms with Gasteiger partial charge in [0.15, 0.2) is 0 Å². The number of hydrogen-bond donors (Lipinski definition) is 2. The molecule has 0 radical (unpaired) electrons. The predicted octanol–water partition coefficient (Wildman–Crippen LogP) is 2.44. The molecule has 0 aromatic heterocycles. The average Bonchev–Trinajstić information content (AvgIpc) is 2.85. The molecule has 3 rings (SSSR count). The molecule has 0 aliphatic carbocycles. The predicted molar refractivity (Wildman–Crippen MR) is 82.7 cm³/mol. The number of nitrogens with zero attached hydrogens (tertiary/aromatic N) is 1. The number of nitrogens with one attached hydrogen (secondary N) is 2. The molecule has 0 saturated carbocycles. The summed E-state index contributed by atoms with van der Waals surface area (Å²) >= 11 is 0. The molecule has 2 atom stereocenters. The Balaban J connectivity index is 1.64. The van der Waals surface area contributed by atoms with Gasteiger partial charge in [0.25, 0.3) is 0 Å². The van der Waals surface area contributed by atoms with Crippen molar-refractivity contribution in [3.63, 3.8) is 0 Å². The van der Waals surface area contributed by atoms with Crippen LogP contribution < -0.4 is 15.4 Å². The number of amides is 2. The molecule has 1 aromatic rings. The first-order valence-corrected chi connectivity index (χ1v) is 7.60. The number of anilines is 1. The van der Waals surface area contributed by atoms with Gasteiger partial charge in [-0.2, -0.15) is 0 Å². The normalized spacial score (nSPS) is 27.2. The van der Waals surface area contributed by atoms with Gasteiger partial charge in [-0.25, -0.2) is 4.79 Å². The molecule has 2 saturated heterocycles. The van der Waals surface area contributed by atoms with Crippen molar-refractivity contribution in [2.45, 2.75) is 43.8 Å². The lowest BCUT2D eigenvalue weighted by molar-refractivity contribution is 0.176. The molecule has 2 aliphatic rings. The van der Waals surface area contributed by atoms with Crippen LogP contribution in [0, 0.1) is 0 Å². The molecule has 5 nitrogen and oxygen atoms in total. The third kappa shape index (κ3) is 2.97. The number of hydrogen-bond acceptors (Lipinski definition) is 3. The summed E-state index contributed by atoms with van der Waals surface area (Å²) in [5.74, 6) is 0.685. The Morgan fingerprint density at radius 3 is 2.62 bits per heavy atom. The SMILES string of the molecule is COc1ccccc1NC(=O)N(C)C1CC2CCC(C1)N2. The van der Waals surface area contributed by atoms with E-state index in [0.29, 0.717) is 29.6 Å². The van der Waals surface area contributed by atoms with Crippen LogP contribution in [-0.2, 0) is 0 Å². The van der Waals surface area contributed by atoms with Gasteiger partial charge in [0.05, 0.1) is 12.8 Å². The van der Waals surface area contributed by atoms with Crippen molar-refractivity contribution in [2.75, 3.05) is 19.5 Å². The standard InChI is InChI=1S/C16H23N3O2/c1-19(13-9-11-7-8-12(10-13)17-11)16(20)18-14-5-3-4-6-15(14)21-2/h3-6,11-13,17H,7-10H2,1-2H3,(H,18,20). The van der Waals surface area contributed by atoms with Crippen LogP contribution in [0.5, 0.6) is 5.75 Å². The minimum absolute atomic E-state index is 0.0641. The van der Waals surface area contributed by atoms with E-state index >= 15 is 0 Å². The molecule has 2 heterocycles. The summed E-state index contributed by atoms with van der Waals surface area (Å²) in [4.78, 5) is 14.3. The van der Waals surface area contributed by atoms with Gasteiger partial charge in [-0.05, 0) is 37.8 Å². The van der Waals surface area contributed by atoms with E-state index in [1.54, 1.807) is 7.11 Å². The van der Waals surface area contributed by atoms with E-state index in [0.717, 1.165) is 12.8 Å². The van der Waals surface area contributed by atoms with E-state index in [-0.39, 0.29) is 6.03 Å². The lowest BCUT2D eigenvalue weighted by Crippen LogP contribution is -2.49. The Morgan fingerprint density at radius 2 is 1.95 bits per heavy atom. The maximum Gasteiger partial charge on any atom is 0.321 e. The van der Waals surface area contributed by atoms with E-state index in [1.807, 2.05) is 36.2 Å². The second-order valence-corrected chi connectivity index (χ2v) is 6.00. The van der Waals surface area contributed by atoms with Gasteiger partial charge < -0.3 is 20.3 Å². The number of ether oxygens (including phenoxy) is 1. The number of carbonyl (C=O) groups excluding carboxylic acids is 1. The Labute approximate surface area is 125 Å². The van der Waals surface area contributed by atoms with Gasteiger partial charge in [0, 0.05) is 25.2 Å². The van der Waals surface area contributed by atoms with Gasteiger partial charge in [0.2, 0.25) is 0 Å². The van der Waals surface area contributed by atoms with Gasteiger partial charge >= 0.3 is 6.03 Å². The third-order valence-electron chi connectivity index (χ3n) is 4.66. The maximum absolute atomic E-state index is 12.5. The molecule has 2 N–H and O–H groups in total. The monoisotopic (exact) mass is 289 g/mol. The number of benzene rings is 1.